The normalized spacial score (nSPS) is 12.0. The molecule has 0 saturated carbocycles. The molecule has 0 atom stereocenters. The summed E-state index contributed by atoms with van der Waals surface area (Å²) in [5.74, 6) is 0.609. The van der Waals surface area contributed by atoms with E-state index in [0.717, 1.165) is 5.69 Å². The number of anilines is 1. The minimum atomic E-state index is -3.63. The molecule has 1 aromatic heterocycles. The molecule has 2 rings (SSSR count). The molecule has 1 N–H and O–H groups in total. The average Bonchev–Trinajstić information content (AvgIpc) is 2.46. The van der Waals surface area contributed by atoms with Gasteiger partial charge in [-0.2, -0.15) is 0 Å². The maximum absolute atomic E-state index is 12.4. The van der Waals surface area contributed by atoms with Crippen molar-refractivity contribution in [3.63, 3.8) is 0 Å². The number of ether oxygens (including phenoxy) is 1. The average molecular weight is 320 g/mol. The van der Waals surface area contributed by atoms with E-state index >= 15 is 0 Å². The maximum Gasteiger partial charge on any atom is 0.261 e. The molecule has 0 amide bonds. The Hall–Kier alpha value is -2.08. The van der Waals surface area contributed by atoms with Crippen LogP contribution in [0.1, 0.15) is 26.5 Å². The van der Waals surface area contributed by atoms with Gasteiger partial charge >= 0.3 is 0 Å². The Morgan fingerprint density at radius 3 is 2.27 bits per heavy atom. The van der Waals surface area contributed by atoms with Crippen LogP contribution >= 0.6 is 0 Å². The molecule has 22 heavy (non-hydrogen) atoms. The molecule has 0 aliphatic heterocycles. The SMILES string of the molecule is COc1ccc(S(=O)(=O)Nc2ccnc(C(C)(C)C)c2)cc1. The minimum Gasteiger partial charge on any atom is -0.497 e. The molecular weight excluding hydrogens is 300 g/mol. The number of methoxy groups -OCH3 is 1. The second-order valence-electron chi connectivity index (χ2n) is 5.96. The van der Waals surface area contributed by atoms with E-state index in [1.54, 1.807) is 30.5 Å². The fraction of sp³-hybridized carbons (Fsp3) is 0.312. The first-order valence-corrected chi connectivity index (χ1v) is 8.34. The molecule has 2 aromatic rings. The zero-order chi connectivity index (χ0) is 16.4. The summed E-state index contributed by atoms with van der Waals surface area (Å²) >= 11 is 0. The lowest BCUT2D eigenvalue weighted by molar-refractivity contribution is 0.414. The smallest absolute Gasteiger partial charge is 0.261 e. The van der Waals surface area contributed by atoms with Crippen molar-refractivity contribution in [2.24, 2.45) is 0 Å². The van der Waals surface area contributed by atoms with Gasteiger partial charge in [-0.3, -0.25) is 9.71 Å². The zero-order valence-corrected chi connectivity index (χ0v) is 13.9. The van der Waals surface area contributed by atoms with E-state index in [0.29, 0.717) is 11.4 Å². The lowest BCUT2D eigenvalue weighted by atomic mass is 9.91. The number of nitrogens with zero attached hydrogens (tertiary/aromatic N) is 1. The topological polar surface area (TPSA) is 68.3 Å². The highest BCUT2D eigenvalue weighted by Gasteiger charge is 2.18. The predicted molar refractivity (Wildman–Crippen MR) is 86.7 cm³/mol. The summed E-state index contributed by atoms with van der Waals surface area (Å²) in [6.07, 6.45) is 1.60. The molecule has 0 saturated heterocycles. The van der Waals surface area contributed by atoms with Crippen molar-refractivity contribution in [3.05, 3.63) is 48.3 Å². The van der Waals surface area contributed by atoms with Crippen LogP contribution in [0, 0.1) is 0 Å². The molecule has 0 spiro atoms. The summed E-state index contributed by atoms with van der Waals surface area (Å²) in [5, 5.41) is 0. The van der Waals surface area contributed by atoms with E-state index < -0.39 is 10.0 Å². The van der Waals surface area contributed by atoms with Gasteiger partial charge in [-0.05, 0) is 36.4 Å². The predicted octanol–water partition coefficient (Wildman–Crippen LogP) is 3.19. The molecule has 0 radical (unpaired) electrons. The Morgan fingerprint density at radius 1 is 1.09 bits per heavy atom. The molecule has 0 unspecified atom stereocenters. The van der Waals surface area contributed by atoms with Gasteiger partial charge in [-0.15, -0.1) is 0 Å². The fourth-order valence-electron chi connectivity index (χ4n) is 1.87. The molecule has 0 bridgehead atoms. The van der Waals surface area contributed by atoms with Gasteiger partial charge < -0.3 is 4.74 Å². The minimum absolute atomic E-state index is 0.151. The summed E-state index contributed by atoms with van der Waals surface area (Å²) in [6, 6.07) is 9.63. The second-order valence-corrected chi connectivity index (χ2v) is 7.64. The first-order valence-electron chi connectivity index (χ1n) is 6.86. The lowest BCUT2D eigenvalue weighted by Gasteiger charge is -2.18. The molecule has 0 aliphatic carbocycles. The van der Waals surface area contributed by atoms with Crippen molar-refractivity contribution in [1.29, 1.82) is 0 Å². The summed E-state index contributed by atoms with van der Waals surface area (Å²) in [5.41, 5.74) is 1.17. The van der Waals surface area contributed by atoms with Gasteiger partial charge in [0, 0.05) is 17.3 Å². The Kier molecular flexibility index (Phi) is 4.42. The summed E-state index contributed by atoms with van der Waals surface area (Å²) < 4.78 is 32.4. The van der Waals surface area contributed by atoms with Crippen molar-refractivity contribution in [1.82, 2.24) is 4.98 Å². The van der Waals surface area contributed by atoms with Crippen molar-refractivity contribution >= 4 is 15.7 Å². The number of rotatable bonds is 4. The van der Waals surface area contributed by atoms with Gasteiger partial charge in [0.25, 0.3) is 10.0 Å². The van der Waals surface area contributed by atoms with E-state index in [-0.39, 0.29) is 10.3 Å². The second kappa shape index (κ2) is 5.96. The number of benzene rings is 1. The third-order valence-electron chi connectivity index (χ3n) is 3.15. The van der Waals surface area contributed by atoms with Crippen molar-refractivity contribution in [3.8, 4) is 5.75 Å². The van der Waals surface area contributed by atoms with E-state index in [9.17, 15) is 8.42 Å². The van der Waals surface area contributed by atoms with Gasteiger partial charge in [0.15, 0.2) is 0 Å². The molecule has 5 nitrogen and oxygen atoms in total. The highest BCUT2D eigenvalue weighted by Crippen LogP contribution is 2.24. The Balaban J connectivity index is 2.28. The van der Waals surface area contributed by atoms with Gasteiger partial charge in [0.05, 0.1) is 17.7 Å². The third kappa shape index (κ3) is 3.76. The molecule has 6 heteroatoms. The van der Waals surface area contributed by atoms with Gasteiger partial charge in [0.1, 0.15) is 5.75 Å². The van der Waals surface area contributed by atoms with Crippen LogP contribution in [-0.2, 0) is 15.4 Å². The molecule has 0 aliphatic rings. The Morgan fingerprint density at radius 2 is 1.73 bits per heavy atom. The summed E-state index contributed by atoms with van der Waals surface area (Å²) in [6.45, 7) is 6.07. The van der Waals surface area contributed by atoms with Gasteiger partial charge in [-0.1, -0.05) is 20.8 Å². The van der Waals surface area contributed by atoms with E-state index in [1.807, 2.05) is 20.8 Å². The van der Waals surface area contributed by atoms with Crippen LogP contribution in [0.25, 0.3) is 0 Å². The van der Waals surface area contributed by atoms with Gasteiger partial charge in [-0.25, -0.2) is 8.42 Å². The summed E-state index contributed by atoms with van der Waals surface area (Å²) in [7, 11) is -2.10. The van der Waals surface area contributed by atoms with Crippen molar-refractivity contribution in [2.75, 3.05) is 11.8 Å². The number of aromatic nitrogens is 1. The molecule has 118 valence electrons. The zero-order valence-electron chi connectivity index (χ0n) is 13.1. The molecule has 0 fully saturated rings. The van der Waals surface area contributed by atoms with Gasteiger partial charge in [0.2, 0.25) is 0 Å². The number of sulfonamides is 1. The van der Waals surface area contributed by atoms with Crippen LogP contribution in [0.2, 0.25) is 0 Å². The number of hydrogen-bond acceptors (Lipinski definition) is 4. The lowest BCUT2D eigenvalue weighted by Crippen LogP contribution is -2.16. The van der Waals surface area contributed by atoms with Crippen LogP contribution in [0.5, 0.6) is 5.75 Å². The Labute approximate surface area is 131 Å². The van der Waals surface area contributed by atoms with Crippen LogP contribution < -0.4 is 9.46 Å². The molecule has 1 heterocycles. The van der Waals surface area contributed by atoms with E-state index in [2.05, 4.69) is 9.71 Å². The summed E-state index contributed by atoms with van der Waals surface area (Å²) in [4.78, 5) is 4.47. The maximum atomic E-state index is 12.4. The first-order chi connectivity index (χ1) is 10.2. The third-order valence-corrected chi connectivity index (χ3v) is 4.55. The number of nitrogens with one attached hydrogen (secondary N) is 1. The number of hydrogen-bond donors (Lipinski definition) is 1. The highest BCUT2D eigenvalue weighted by atomic mass is 32.2. The molecular formula is C16H20N2O3S. The first kappa shape index (κ1) is 16.3. The van der Waals surface area contributed by atoms with Crippen LogP contribution in [-0.4, -0.2) is 20.5 Å². The fourth-order valence-corrected chi connectivity index (χ4v) is 2.92. The highest BCUT2D eigenvalue weighted by molar-refractivity contribution is 7.92. The molecule has 1 aromatic carbocycles. The van der Waals surface area contributed by atoms with Crippen molar-refractivity contribution < 1.29 is 13.2 Å². The van der Waals surface area contributed by atoms with Crippen molar-refractivity contribution in [2.45, 2.75) is 31.1 Å². The monoisotopic (exact) mass is 320 g/mol. The van der Waals surface area contributed by atoms with Crippen LogP contribution in [0.3, 0.4) is 0 Å². The largest absolute Gasteiger partial charge is 0.497 e. The van der Waals surface area contributed by atoms with E-state index in [4.69, 9.17) is 4.74 Å². The van der Waals surface area contributed by atoms with Crippen LogP contribution in [0.4, 0.5) is 5.69 Å². The van der Waals surface area contributed by atoms with Crippen LogP contribution in [0.15, 0.2) is 47.5 Å². The van der Waals surface area contributed by atoms with E-state index in [1.165, 1.54) is 19.2 Å². The quantitative estimate of drug-likeness (QED) is 0.939. The Bertz CT molecular complexity index is 748. The number of pyridine rings is 1. The standard InChI is InChI=1S/C16H20N2O3S/c1-16(2,3)15-11-12(9-10-17-15)18-22(19,20)14-7-5-13(21-4)6-8-14/h5-11H,1-4H3,(H,17,18).